The molecule has 0 saturated carbocycles. The maximum Gasteiger partial charge on any atom is 0.415 e. The molecule has 1 N–H and O–H groups in total. The summed E-state index contributed by atoms with van der Waals surface area (Å²) >= 11 is 0. The summed E-state index contributed by atoms with van der Waals surface area (Å²) < 4.78 is 11.4. The van der Waals surface area contributed by atoms with Gasteiger partial charge in [-0.3, -0.25) is 0 Å². The van der Waals surface area contributed by atoms with E-state index in [0.717, 1.165) is 17.2 Å². The summed E-state index contributed by atoms with van der Waals surface area (Å²) in [7, 11) is -1.46. The number of carbonyl (C=O) groups is 1. The number of hydrogen-bond acceptors (Lipinski definition) is 4. The predicted molar refractivity (Wildman–Crippen MR) is 126 cm³/mol. The normalized spacial score (nSPS) is 14.7. The Kier molecular flexibility index (Phi) is 10.8. The fraction of sp³-hybridized carbons (Fsp3) is 0.625. The van der Waals surface area contributed by atoms with E-state index in [2.05, 4.69) is 19.6 Å². The molecule has 0 aliphatic heterocycles. The van der Waals surface area contributed by atoms with Gasteiger partial charge < -0.3 is 19.5 Å². The lowest BCUT2D eigenvalue weighted by Crippen LogP contribution is -2.41. The Morgan fingerprint density at radius 1 is 1.07 bits per heavy atom. The van der Waals surface area contributed by atoms with Crippen LogP contribution in [0.5, 0.6) is 0 Å². The molecule has 0 aliphatic rings. The first kappa shape index (κ1) is 26.4. The molecule has 1 aromatic rings. The van der Waals surface area contributed by atoms with Gasteiger partial charge in [-0.25, -0.2) is 4.79 Å². The number of hydrogen-bond donors (Lipinski definition) is 1. The maximum absolute atomic E-state index is 12.6. The predicted octanol–water partition coefficient (Wildman–Crippen LogP) is 5.82. The van der Waals surface area contributed by atoms with Gasteiger partial charge in [0.1, 0.15) is 0 Å². The largest absolute Gasteiger partial charge is 0.418 e. The number of aliphatic hydroxyl groups is 1. The Balaban J connectivity index is 2.78. The van der Waals surface area contributed by atoms with Crippen LogP contribution in [0.1, 0.15) is 46.6 Å². The van der Waals surface area contributed by atoms with E-state index < -0.39 is 14.2 Å². The van der Waals surface area contributed by atoms with Crippen molar-refractivity contribution in [1.82, 2.24) is 4.90 Å². The van der Waals surface area contributed by atoms with Crippen molar-refractivity contribution in [2.24, 2.45) is 0 Å². The molecular formula is C24H41NO4Si. The van der Waals surface area contributed by atoms with Gasteiger partial charge in [0, 0.05) is 20.2 Å². The minimum Gasteiger partial charge on any atom is -0.418 e. The molecule has 1 rings (SSSR count). The Hall–Kier alpha value is -1.63. The van der Waals surface area contributed by atoms with E-state index in [4.69, 9.17) is 9.47 Å². The van der Waals surface area contributed by atoms with Crippen molar-refractivity contribution in [1.29, 1.82) is 0 Å². The average molecular weight is 436 g/mol. The molecule has 30 heavy (non-hydrogen) atoms. The molecule has 0 fully saturated rings. The smallest absolute Gasteiger partial charge is 0.415 e. The second kappa shape index (κ2) is 12.3. The highest BCUT2D eigenvalue weighted by Crippen LogP contribution is 2.23. The minimum atomic E-state index is -1.46. The van der Waals surface area contributed by atoms with Crippen LogP contribution in [-0.2, 0) is 16.1 Å². The number of nitrogens with zero attached hydrogens (tertiary/aromatic N) is 1. The molecule has 0 bridgehead atoms. The number of benzene rings is 1. The van der Waals surface area contributed by atoms with E-state index in [-0.39, 0.29) is 24.3 Å². The van der Waals surface area contributed by atoms with Gasteiger partial charge in [0.2, 0.25) is 0 Å². The van der Waals surface area contributed by atoms with Crippen LogP contribution in [0, 0.1) is 0 Å². The maximum atomic E-state index is 12.6. The van der Waals surface area contributed by atoms with Crippen LogP contribution in [0.3, 0.4) is 0 Å². The Morgan fingerprint density at radius 3 is 2.13 bits per heavy atom. The third kappa shape index (κ3) is 9.91. The highest BCUT2D eigenvalue weighted by atomic mass is 28.3. The topological polar surface area (TPSA) is 59.0 Å². The molecule has 0 saturated heterocycles. The lowest BCUT2D eigenvalue weighted by atomic mass is 10.1. The first-order valence-electron chi connectivity index (χ1n) is 10.9. The first-order valence-corrected chi connectivity index (χ1v) is 14.6. The molecule has 1 amide bonds. The van der Waals surface area contributed by atoms with E-state index in [0.29, 0.717) is 13.0 Å². The number of ether oxygens (including phenoxy) is 2. The Morgan fingerprint density at radius 2 is 1.63 bits per heavy atom. The molecule has 0 heterocycles. The van der Waals surface area contributed by atoms with Gasteiger partial charge >= 0.3 is 6.09 Å². The second-order valence-corrected chi connectivity index (χ2v) is 15.2. The third-order valence-corrected chi connectivity index (χ3v) is 6.29. The van der Waals surface area contributed by atoms with E-state index >= 15 is 0 Å². The van der Waals surface area contributed by atoms with Crippen molar-refractivity contribution in [2.75, 3.05) is 0 Å². The summed E-state index contributed by atoms with van der Waals surface area (Å²) in [5.74, 6) is 0. The van der Waals surface area contributed by atoms with Gasteiger partial charge in [0.15, 0.2) is 0 Å². The van der Waals surface area contributed by atoms with E-state index in [1.165, 1.54) is 0 Å². The highest BCUT2D eigenvalue weighted by Gasteiger charge is 2.24. The van der Waals surface area contributed by atoms with E-state index in [1.54, 1.807) is 11.2 Å². The molecule has 0 aromatic heterocycles. The number of amides is 1. The zero-order valence-corrected chi connectivity index (χ0v) is 21.0. The zero-order chi connectivity index (χ0) is 22.9. The van der Waals surface area contributed by atoms with Crippen LogP contribution in [-0.4, -0.2) is 48.5 Å². The summed E-state index contributed by atoms with van der Waals surface area (Å²) in [5.41, 5.74) is 2.03. The number of aliphatic hydroxyl groups excluding tert-OH is 1. The van der Waals surface area contributed by atoms with Gasteiger partial charge in [-0.05, 0) is 58.2 Å². The molecule has 0 radical (unpaired) electrons. The summed E-state index contributed by atoms with van der Waals surface area (Å²) in [6.45, 7) is 17.0. The number of carbonyl (C=O) groups excluding carboxylic acids is 1. The zero-order valence-electron chi connectivity index (χ0n) is 20.0. The number of rotatable bonds is 11. The molecule has 2 atom stereocenters. The quantitative estimate of drug-likeness (QED) is 0.351. The fourth-order valence-corrected chi connectivity index (χ4v) is 4.99. The average Bonchev–Trinajstić information content (AvgIpc) is 2.63. The van der Waals surface area contributed by atoms with Gasteiger partial charge in [0.05, 0.1) is 25.1 Å². The molecule has 0 spiro atoms. The van der Waals surface area contributed by atoms with Gasteiger partial charge in [-0.15, -0.1) is 0 Å². The van der Waals surface area contributed by atoms with Crippen molar-refractivity contribution >= 4 is 14.2 Å². The summed E-state index contributed by atoms with van der Waals surface area (Å²) in [6.07, 6.45) is 0.647. The monoisotopic (exact) mass is 435 g/mol. The fourth-order valence-electron chi connectivity index (χ4n) is 3.40. The van der Waals surface area contributed by atoms with Crippen LogP contribution in [0.25, 0.3) is 0 Å². The summed E-state index contributed by atoms with van der Waals surface area (Å²) in [6, 6.07) is 10.9. The van der Waals surface area contributed by atoms with Crippen molar-refractivity contribution in [2.45, 2.75) is 97.6 Å². The lowest BCUT2D eigenvalue weighted by Gasteiger charge is -2.29. The van der Waals surface area contributed by atoms with E-state index in [1.807, 2.05) is 65.0 Å². The third-order valence-electron chi connectivity index (χ3n) is 4.78. The first-order chi connectivity index (χ1) is 13.9. The lowest BCUT2D eigenvalue weighted by molar-refractivity contribution is -0.0345. The summed E-state index contributed by atoms with van der Waals surface area (Å²) in [4.78, 5) is 14.3. The molecule has 5 nitrogen and oxygen atoms in total. The van der Waals surface area contributed by atoms with Crippen molar-refractivity contribution < 1.29 is 19.4 Å². The van der Waals surface area contributed by atoms with Crippen LogP contribution in [0.4, 0.5) is 4.79 Å². The van der Waals surface area contributed by atoms with Crippen molar-refractivity contribution in [3.8, 4) is 0 Å². The Labute approximate surface area is 184 Å². The van der Waals surface area contributed by atoms with Crippen molar-refractivity contribution in [3.63, 3.8) is 0 Å². The molecule has 6 heteroatoms. The minimum absolute atomic E-state index is 0.0586. The Bertz CT molecular complexity index is 660. The van der Waals surface area contributed by atoms with Crippen molar-refractivity contribution in [3.05, 3.63) is 47.7 Å². The highest BCUT2D eigenvalue weighted by molar-refractivity contribution is 6.76. The molecule has 2 unspecified atom stereocenters. The van der Waals surface area contributed by atoms with Gasteiger partial charge in [-0.1, -0.05) is 50.0 Å². The summed E-state index contributed by atoms with van der Waals surface area (Å²) in [5, 5.41) is 10.7. The van der Waals surface area contributed by atoms with E-state index in [9.17, 15) is 9.90 Å². The van der Waals surface area contributed by atoms with Crippen LogP contribution >= 0.6 is 0 Å². The van der Waals surface area contributed by atoms with Gasteiger partial charge in [-0.2, -0.15) is 0 Å². The van der Waals surface area contributed by atoms with Crippen LogP contribution in [0.2, 0.25) is 25.7 Å². The molecular weight excluding hydrogens is 394 g/mol. The molecule has 0 aliphatic carbocycles. The standard InChI is InChI=1S/C24H41NO4Si/c1-18(2)25(19(3)4)24(27)29-16-22(17-30(6,7)8)14-23(26)20(5)28-15-21-12-10-9-11-13-21/h9-13,16,18-20,23,26H,14-15,17H2,1-8H3/b22-16+. The van der Waals surface area contributed by atoms with Crippen LogP contribution in [0.15, 0.2) is 42.2 Å². The molecule has 1 aromatic carbocycles. The second-order valence-electron chi connectivity index (χ2n) is 9.77. The van der Waals surface area contributed by atoms with Crippen LogP contribution < -0.4 is 0 Å². The SMILES string of the molecule is CC(OCc1ccccc1)C(O)C/C(=C\OC(=O)N(C(C)C)C(C)C)C[Si](C)(C)C. The van der Waals surface area contributed by atoms with Gasteiger partial charge in [0.25, 0.3) is 0 Å². The molecule has 170 valence electrons.